The van der Waals surface area contributed by atoms with Gasteiger partial charge in [-0.2, -0.15) is 0 Å². The van der Waals surface area contributed by atoms with Gasteiger partial charge >= 0.3 is 6.09 Å². The van der Waals surface area contributed by atoms with Crippen molar-refractivity contribution < 1.29 is 18.9 Å². The summed E-state index contributed by atoms with van der Waals surface area (Å²) in [6, 6.07) is 2.31. The lowest BCUT2D eigenvalue weighted by molar-refractivity contribution is -0.484. The van der Waals surface area contributed by atoms with Crippen LogP contribution in [-0.2, 0) is 4.74 Å². The fourth-order valence-corrected chi connectivity index (χ4v) is 1.30. The molecule has 0 aliphatic rings. The zero-order chi connectivity index (χ0) is 13.8. The largest absolute Gasteiger partial charge is 0.467 e. The first-order chi connectivity index (χ1) is 8.28. The van der Waals surface area contributed by atoms with Crippen LogP contribution in [0.3, 0.4) is 0 Å². The number of furan rings is 1. The molecular weight excluding hydrogens is 240 g/mol. The van der Waals surface area contributed by atoms with Crippen LogP contribution < -0.4 is 5.32 Å². The Labute approximate surface area is 104 Å². The normalized spacial score (nSPS) is 12.8. The highest BCUT2D eigenvalue weighted by Crippen LogP contribution is 2.15. The summed E-state index contributed by atoms with van der Waals surface area (Å²) in [6.07, 6.45) is 0.671. The molecule has 0 bridgehead atoms. The van der Waals surface area contributed by atoms with Gasteiger partial charge in [0.15, 0.2) is 6.04 Å². The van der Waals surface area contributed by atoms with Crippen LogP contribution >= 0.6 is 0 Å². The van der Waals surface area contributed by atoms with Crippen molar-refractivity contribution >= 4 is 6.09 Å². The lowest BCUT2D eigenvalue weighted by atomic mass is 10.2. The Morgan fingerprint density at radius 3 is 2.72 bits per heavy atom. The first-order valence-corrected chi connectivity index (χ1v) is 5.42. The second kappa shape index (κ2) is 5.52. The number of hydrogen-bond donors (Lipinski definition) is 1. The van der Waals surface area contributed by atoms with Gasteiger partial charge in [-0.25, -0.2) is 4.79 Å². The number of nitrogens with zero attached hydrogens (tertiary/aromatic N) is 1. The summed E-state index contributed by atoms with van der Waals surface area (Å²) >= 11 is 0. The van der Waals surface area contributed by atoms with Crippen LogP contribution in [0.2, 0.25) is 0 Å². The molecule has 1 aromatic rings. The van der Waals surface area contributed by atoms with Crippen LogP contribution in [0.25, 0.3) is 0 Å². The Kier molecular flexibility index (Phi) is 4.30. The van der Waals surface area contributed by atoms with Gasteiger partial charge in [0, 0.05) is 4.92 Å². The number of amides is 1. The van der Waals surface area contributed by atoms with E-state index >= 15 is 0 Å². The van der Waals surface area contributed by atoms with E-state index in [-0.39, 0.29) is 0 Å². The van der Waals surface area contributed by atoms with Crippen LogP contribution in [0, 0.1) is 10.1 Å². The van der Waals surface area contributed by atoms with Crippen molar-refractivity contribution in [1.82, 2.24) is 5.32 Å². The Morgan fingerprint density at radius 2 is 2.28 bits per heavy atom. The van der Waals surface area contributed by atoms with Gasteiger partial charge < -0.3 is 14.5 Å². The maximum Gasteiger partial charge on any atom is 0.408 e. The predicted molar refractivity (Wildman–Crippen MR) is 62.7 cm³/mol. The van der Waals surface area contributed by atoms with Crippen molar-refractivity contribution in [3.8, 4) is 0 Å². The van der Waals surface area contributed by atoms with Crippen LogP contribution in [0.4, 0.5) is 4.79 Å². The highest BCUT2D eigenvalue weighted by molar-refractivity contribution is 5.68. The summed E-state index contributed by atoms with van der Waals surface area (Å²) < 4.78 is 10.1. The summed E-state index contributed by atoms with van der Waals surface area (Å²) in [4.78, 5) is 21.6. The molecule has 7 nitrogen and oxygen atoms in total. The van der Waals surface area contributed by atoms with Gasteiger partial charge in [0.2, 0.25) is 6.54 Å². The number of alkyl carbamates (subject to hydrolysis) is 1. The van der Waals surface area contributed by atoms with E-state index in [2.05, 4.69) is 5.32 Å². The molecule has 1 aromatic heterocycles. The fraction of sp³-hybridized carbons (Fsp3) is 0.545. The van der Waals surface area contributed by atoms with E-state index in [1.165, 1.54) is 6.26 Å². The van der Waals surface area contributed by atoms with E-state index in [0.29, 0.717) is 5.76 Å². The second-order valence-corrected chi connectivity index (χ2v) is 4.73. The Balaban J connectivity index is 2.68. The lowest BCUT2D eigenvalue weighted by Gasteiger charge is -2.21. The van der Waals surface area contributed by atoms with Crippen molar-refractivity contribution in [3.05, 3.63) is 34.3 Å². The molecule has 0 aliphatic carbocycles. The number of rotatable bonds is 4. The van der Waals surface area contributed by atoms with E-state index in [9.17, 15) is 14.9 Å². The standard InChI is InChI=1S/C11H16N2O5/c1-11(2,3)18-10(14)12-8(7-13(15)16)9-5-4-6-17-9/h4-6,8H,7H2,1-3H3,(H,12,14). The average Bonchev–Trinajstić information content (AvgIpc) is 2.64. The summed E-state index contributed by atoms with van der Waals surface area (Å²) in [6.45, 7) is 4.67. The maximum absolute atomic E-state index is 11.5. The minimum atomic E-state index is -0.843. The summed E-state index contributed by atoms with van der Waals surface area (Å²) in [7, 11) is 0. The molecule has 100 valence electrons. The monoisotopic (exact) mass is 256 g/mol. The zero-order valence-corrected chi connectivity index (χ0v) is 10.5. The molecule has 1 rings (SSSR count). The topological polar surface area (TPSA) is 94.6 Å². The first kappa shape index (κ1) is 14.0. The first-order valence-electron chi connectivity index (χ1n) is 5.42. The summed E-state index contributed by atoms with van der Waals surface area (Å²) in [5.74, 6) is 0.317. The molecule has 1 N–H and O–H groups in total. The third-order valence-electron chi connectivity index (χ3n) is 1.91. The molecule has 18 heavy (non-hydrogen) atoms. The van der Waals surface area contributed by atoms with Crippen molar-refractivity contribution in [3.63, 3.8) is 0 Å². The quantitative estimate of drug-likeness (QED) is 0.657. The number of hydrogen-bond acceptors (Lipinski definition) is 5. The molecule has 1 unspecified atom stereocenters. The lowest BCUT2D eigenvalue weighted by Crippen LogP contribution is -2.37. The minimum Gasteiger partial charge on any atom is -0.467 e. The van der Waals surface area contributed by atoms with E-state index < -0.39 is 29.2 Å². The van der Waals surface area contributed by atoms with Crippen LogP contribution in [0.1, 0.15) is 32.6 Å². The molecule has 7 heteroatoms. The molecule has 0 spiro atoms. The van der Waals surface area contributed by atoms with Crippen LogP contribution in [-0.4, -0.2) is 23.2 Å². The molecule has 1 amide bonds. The summed E-state index contributed by atoms with van der Waals surface area (Å²) in [5.41, 5.74) is -0.660. The van der Waals surface area contributed by atoms with Crippen LogP contribution in [0.5, 0.6) is 0 Å². The van der Waals surface area contributed by atoms with E-state index in [0.717, 1.165) is 0 Å². The number of carbonyl (C=O) groups is 1. The third-order valence-corrected chi connectivity index (χ3v) is 1.91. The van der Waals surface area contributed by atoms with Gasteiger partial charge in [0.05, 0.1) is 6.26 Å². The number of ether oxygens (including phenoxy) is 1. The van der Waals surface area contributed by atoms with E-state index in [1.54, 1.807) is 32.9 Å². The van der Waals surface area contributed by atoms with Crippen molar-refractivity contribution in [2.24, 2.45) is 0 Å². The van der Waals surface area contributed by atoms with Gasteiger partial charge in [-0.15, -0.1) is 0 Å². The van der Waals surface area contributed by atoms with Crippen molar-refractivity contribution in [2.75, 3.05) is 6.54 Å². The smallest absolute Gasteiger partial charge is 0.408 e. The third kappa shape index (κ3) is 4.86. The zero-order valence-electron chi connectivity index (χ0n) is 10.5. The minimum absolute atomic E-state index is 0.317. The Hall–Kier alpha value is -2.05. The van der Waals surface area contributed by atoms with Crippen LogP contribution in [0.15, 0.2) is 22.8 Å². The molecule has 0 aromatic carbocycles. The second-order valence-electron chi connectivity index (χ2n) is 4.73. The van der Waals surface area contributed by atoms with E-state index in [4.69, 9.17) is 9.15 Å². The number of nitrogens with one attached hydrogen (secondary N) is 1. The van der Waals surface area contributed by atoms with Gasteiger partial charge in [-0.05, 0) is 32.9 Å². The number of nitro groups is 1. The van der Waals surface area contributed by atoms with Gasteiger partial charge in [-0.3, -0.25) is 10.1 Å². The molecular formula is C11H16N2O5. The van der Waals surface area contributed by atoms with Crippen molar-refractivity contribution in [1.29, 1.82) is 0 Å². The average molecular weight is 256 g/mol. The van der Waals surface area contributed by atoms with Crippen molar-refractivity contribution in [2.45, 2.75) is 32.4 Å². The maximum atomic E-state index is 11.5. The highest BCUT2D eigenvalue weighted by atomic mass is 16.6. The molecule has 0 saturated carbocycles. The van der Waals surface area contributed by atoms with Gasteiger partial charge in [-0.1, -0.05) is 0 Å². The predicted octanol–water partition coefficient (Wildman–Crippen LogP) is 2.12. The molecule has 1 atom stereocenters. The molecule has 0 aliphatic heterocycles. The SMILES string of the molecule is CC(C)(C)OC(=O)NC(C[N+](=O)[O-])c1ccco1. The Morgan fingerprint density at radius 1 is 1.61 bits per heavy atom. The fourth-order valence-electron chi connectivity index (χ4n) is 1.30. The molecule has 1 heterocycles. The molecule has 0 saturated heterocycles. The molecule has 0 radical (unpaired) electrons. The summed E-state index contributed by atoms with van der Waals surface area (Å²) in [5, 5.41) is 13.0. The number of carbonyl (C=O) groups excluding carboxylic acids is 1. The van der Waals surface area contributed by atoms with Gasteiger partial charge in [0.1, 0.15) is 11.4 Å². The molecule has 0 fully saturated rings. The van der Waals surface area contributed by atoms with Gasteiger partial charge in [0.25, 0.3) is 0 Å². The highest BCUT2D eigenvalue weighted by Gasteiger charge is 2.25. The van der Waals surface area contributed by atoms with E-state index in [1.807, 2.05) is 0 Å². The Bertz CT molecular complexity index is 408.